The van der Waals surface area contributed by atoms with E-state index < -0.39 is 11.5 Å². The highest BCUT2D eigenvalue weighted by molar-refractivity contribution is 7.13. The molecule has 0 aliphatic carbocycles. The minimum atomic E-state index is -1.51. The highest BCUT2D eigenvalue weighted by Gasteiger charge is 2.45. The molecule has 1 aliphatic rings. The van der Waals surface area contributed by atoms with Crippen LogP contribution in [-0.2, 0) is 10.4 Å². The average molecular weight is 408 g/mol. The van der Waals surface area contributed by atoms with Gasteiger partial charge >= 0.3 is 0 Å². The van der Waals surface area contributed by atoms with Crippen molar-refractivity contribution in [1.29, 1.82) is 0 Å². The molecule has 1 fully saturated rings. The van der Waals surface area contributed by atoms with Crippen LogP contribution in [0.4, 0.5) is 4.39 Å². The first kappa shape index (κ1) is 18.0. The number of fused-ring (bicyclic) bond motifs is 1. The van der Waals surface area contributed by atoms with Crippen LogP contribution >= 0.6 is 11.3 Å². The highest BCUT2D eigenvalue weighted by atomic mass is 32.1. The Bertz CT molecular complexity index is 1250. The molecule has 1 saturated heterocycles. The maximum atomic E-state index is 14.5. The summed E-state index contributed by atoms with van der Waals surface area (Å²) in [5.41, 5.74) is 1.18. The molecule has 8 heteroatoms. The van der Waals surface area contributed by atoms with Gasteiger partial charge in [-0.1, -0.05) is 18.2 Å². The third-order valence-corrected chi connectivity index (χ3v) is 6.27. The topological polar surface area (TPSA) is 82.1 Å². The molecular weight excluding hydrogens is 391 g/mol. The van der Waals surface area contributed by atoms with Crippen LogP contribution in [0.2, 0.25) is 0 Å². The van der Waals surface area contributed by atoms with E-state index in [9.17, 15) is 14.3 Å². The van der Waals surface area contributed by atoms with E-state index in [0.29, 0.717) is 45.8 Å². The molecule has 1 aromatic carbocycles. The summed E-state index contributed by atoms with van der Waals surface area (Å²) in [6.45, 7) is 0.509. The summed E-state index contributed by atoms with van der Waals surface area (Å²) in [5, 5.41) is 14.1. The normalized spacial score (nSPS) is 19.4. The smallest absolute Gasteiger partial charge is 0.258 e. The van der Waals surface area contributed by atoms with Crippen molar-refractivity contribution in [3.05, 3.63) is 59.5 Å². The number of amides is 1. The molecule has 6 nitrogen and oxygen atoms in total. The fraction of sp³-hybridized carbons (Fsp3) is 0.190. The van der Waals surface area contributed by atoms with E-state index in [1.165, 1.54) is 16.2 Å². The first-order chi connectivity index (χ1) is 14.0. The maximum absolute atomic E-state index is 14.5. The molecule has 1 amide bonds. The summed E-state index contributed by atoms with van der Waals surface area (Å²) in [6, 6.07) is 10.8. The van der Waals surface area contributed by atoms with E-state index in [1.807, 2.05) is 6.07 Å². The van der Waals surface area contributed by atoms with Crippen molar-refractivity contribution in [1.82, 2.24) is 19.9 Å². The van der Waals surface area contributed by atoms with Gasteiger partial charge in [-0.15, -0.1) is 11.3 Å². The number of halogens is 1. The number of carbonyl (C=O) groups excluding carboxylic acids is 1. The average Bonchev–Trinajstić information content (AvgIpc) is 3.41. The van der Waals surface area contributed by atoms with Crippen LogP contribution in [0.1, 0.15) is 12.0 Å². The predicted molar refractivity (Wildman–Crippen MR) is 109 cm³/mol. The number of hydrogen-bond donors (Lipinski definition) is 2. The van der Waals surface area contributed by atoms with Crippen LogP contribution in [0.5, 0.6) is 0 Å². The monoisotopic (exact) mass is 408 g/mol. The largest absolute Gasteiger partial charge is 0.375 e. The Labute approximate surface area is 169 Å². The van der Waals surface area contributed by atoms with Gasteiger partial charge < -0.3 is 15.0 Å². The van der Waals surface area contributed by atoms with E-state index >= 15 is 0 Å². The van der Waals surface area contributed by atoms with Crippen LogP contribution in [0.3, 0.4) is 0 Å². The molecule has 3 aromatic heterocycles. The van der Waals surface area contributed by atoms with Crippen molar-refractivity contribution in [3.63, 3.8) is 0 Å². The Balaban J connectivity index is 1.55. The van der Waals surface area contributed by atoms with Gasteiger partial charge in [0, 0.05) is 42.5 Å². The number of aromatic amines is 1. The van der Waals surface area contributed by atoms with Gasteiger partial charge in [0.1, 0.15) is 10.7 Å². The summed E-state index contributed by atoms with van der Waals surface area (Å²) in [7, 11) is 1.68. The Morgan fingerprint density at radius 2 is 2.17 bits per heavy atom. The standard InChI is InChI=1S/C21H17FN4O2S/c1-26-9-7-21(28,20(26)27)13-5-2-4-12(10-13)19-24-15(11-29-19)16-14-6-3-8-23-18(14)25-17(16)22/h2-6,8,10-11,28H,7,9H2,1H3,(H,23,25)/t21-/m1/s1. The zero-order valence-electron chi connectivity index (χ0n) is 15.5. The van der Waals surface area contributed by atoms with Gasteiger partial charge in [0.15, 0.2) is 5.60 Å². The number of likely N-dealkylation sites (N-methyl/N-ethyl adjacent to an activating group) is 1. The predicted octanol–water partition coefficient (Wildman–Crippen LogP) is 3.54. The minimum Gasteiger partial charge on any atom is -0.375 e. The van der Waals surface area contributed by atoms with Gasteiger partial charge in [0.25, 0.3) is 5.91 Å². The summed E-state index contributed by atoms with van der Waals surface area (Å²) < 4.78 is 14.5. The molecule has 1 atom stereocenters. The van der Waals surface area contributed by atoms with E-state index in [4.69, 9.17) is 0 Å². The summed E-state index contributed by atoms with van der Waals surface area (Å²) in [5.74, 6) is -0.777. The van der Waals surface area contributed by atoms with E-state index in [2.05, 4.69) is 15.0 Å². The zero-order valence-corrected chi connectivity index (χ0v) is 16.3. The van der Waals surface area contributed by atoms with Crippen molar-refractivity contribution in [2.75, 3.05) is 13.6 Å². The number of hydrogen-bond acceptors (Lipinski definition) is 5. The Morgan fingerprint density at radius 1 is 1.31 bits per heavy atom. The van der Waals surface area contributed by atoms with Crippen LogP contribution in [0, 0.1) is 5.95 Å². The first-order valence-corrected chi connectivity index (χ1v) is 10.0. The molecule has 29 heavy (non-hydrogen) atoms. The molecule has 1 aliphatic heterocycles. The number of pyridine rings is 1. The van der Waals surface area contributed by atoms with Crippen LogP contribution in [-0.4, -0.2) is 44.5 Å². The van der Waals surface area contributed by atoms with Gasteiger partial charge in [-0.05, 0) is 23.8 Å². The van der Waals surface area contributed by atoms with Crippen molar-refractivity contribution in [3.8, 4) is 21.8 Å². The second-order valence-corrected chi connectivity index (χ2v) is 8.03. The third kappa shape index (κ3) is 2.75. The molecule has 0 spiro atoms. The van der Waals surface area contributed by atoms with Gasteiger partial charge in [-0.3, -0.25) is 4.79 Å². The summed E-state index contributed by atoms with van der Waals surface area (Å²) >= 11 is 1.38. The third-order valence-electron chi connectivity index (χ3n) is 5.38. The number of thiazole rings is 1. The number of rotatable bonds is 3. The number of nitrogens with one attached hydrogen (secondary N) is 1. The van der Waals surface area contributed by atoms with Crippen LogP contribution in [0.15, 0.2) is 48.0 Å². The van der Waals surface area contributed by atoms with Gasteiger partial charge in [-0.25, -0.2) is 9.97 Å². The quantitative estimate of drug-likeness (QED) is 0.543. The molecule has 4 heterocycles. The second-order valence-electron chi connectivity index (χ2n) is 7.17. The number of H-pyrrole nitrogens is 1. The van der Waals surface area contributed by atoms with E-state index in [0.717, 1.165) is 5.56 Å². The molecule has 4 aromatic rings. The van der Waals surface area contributed by atoms with E-state index in [-0.39, 0.29) is 5.91 Å². The number of nitrogens with zero attached hydrogens (tertiary/aromatic N) is 3. The number of likely N-dealkylation sites (tertiary alicyclic amines) is 1. The Hall–Kier alpha value is -3.10. The van der Waals surface area contributed by atoms with Crippen LogP contribution in [0.25, 0.3) is 32.9 Å². The number of aliphatic hydroxyl groups is 1. The van der Waals surface area contributed by atoms with Gasteiger partial charge in [-0.2, -0.15) is 4.39 Å². The lowest BCUT2D eigenvalue weighted by molar-refractivity contribution is -0.143. The SMILES string of the molecule is CN1CC[C@@](O)(c2cccc(-c3nc(-c4c(F)[nH]c5ncccc45)cs3)c2)C1=O. The van der Waals surface area contributed by atoms with Crippen molar-refractivity contribution < 1.29 is 14.3 Å². The fourth-order valence-corrected chi connectivity index (χ4v) is 4.60. The summed E-state index contributed by atoms with van der Waals surface area (Å²) in [4.78, 5) is 25.3. The van der Waals surface area contributed by atoms with E-state index in [1.54, 1.807) is 49.0 Å². The van der Waals surface area contributed by atoms with Crippen molar-refractivity contribution in [2.24, 2.45) is 0 Å². The lowest BCUT2D eigenvalue weighted by Gasteiger charge is -2.21. The van der Waals surface area contributed by atoms with Gasteiger partial charge in [0.05, 0.1) is 11.3 Å². The minimum absolute atomic E-state index is 0.303. The Morgan fingerprint density at radius 3 is 2.97 bits per heavy atom. The molecule has 0 unspecified atom stereocenters. The number of benzene rings is 1. The molecule has 2 N–H and O–H groups in total. The molecule has 0 radical (unpaired) electrons. The molecule has 0 bridgehead atoms. The number of aromatic nitrogens is 3. The molecular formula is C21H17FN4O2S. The zero-order chi connectivity index (χ0) is 20.2. The van der Waals surface area contributed by atoms with Crippen molar-refractivity contribution >= 4 is 28.3 Å². The lowest BCUT2D eigenvalue weighted by Crippen LogP contribution is -2.36. The van der Waals surface area contributed by atoms with Crippen molar-refractivity contribution in [2.45, 2.75) is 12.0 Å². The summed E-state index contributed by atoms with van der Waals surface area (Å²) in [6.07, 6.45) is 1.95. The molecule has 146 valence electrons. The number of carbonyl (C=O) groups is 1. The Kier molecular flexibility index (Phi) is 4.01. The lowest BCUT2D eigenvalue weighted by atomic mass is 9.91. The van der Waals surface area contributed by atoms with Crippen LogP contribution < -0.4 is 0 Å². The molecule has 0 saturated carbocycles. The maximum Gasteiger partial charge on any atom is 0.258 e. The second kappa shape index (κ2) is 6.47. The first-order valence-electron chi connectivity index (χ1n) is 9.14. The highest BCUT2D eigenvalue weighted by Crippen LogP contribution is 2.37. The van der Waals surface area contributed by atoms with Gasteiger partial charge in [0.2, 0.25) is 5.95 Å². The fourth-order valence-electron chi connectivity index (χ4n) is 3.79. The molecule has 5 rings (SSSR count).